The van der Waals surface area contributed by atoms with Crippen molar-refractivity contribution in [1.82, 2.24) is 20.0 Å². The first kappa shape index (κ1) is 21.1. The van der Waals surface area contributed by atoms with Crippen LogP contribution in [0.15, 0.2) is 24.3 Å². The summed E-state index contributed by atoms with van der Waals surface area (Å²) in [5.41, 5.74) is 1.000. The van der Waals surface area contributed by atoms with Crippen molar-refractivity contribution in [3.05, 3.63) is 30.1 Å². The molecule has 8 heteroatoms. The average molecular weight is 418 g/mol. The molecule has 1 N–H and O–H groups in total. The number of carbonyl (C=O) groups excluding carboxylic acids is 2. The van der Waals surface area contributed by atoms with E-state index >= 15 is 0 Å². The number of benzene rings is 1. The van der Waals surface area contributed by atoms with Crippen LogP contribution in [-0.4, -0.2) is 97.5 Å². The van der Waals surface area contributed by atoms with Crippen molar-refractivity contribution in [3.63, 3.8) is 0 Å². The lowest BCUT2D eigenvalue weighted by molar-refractivity contribution is -0.134. The van der Waals surface area contributed by atoms with E-state index in [2.05, 4.69) is 20.0 Å². The smallest absolute Gasteiger partial charge is 0.237 e. The molecule has 0 aromatic heterocycles. The molecule has 0 radical (unpaired) electrons. The molecule has 2 amide bonds. The highest BCUT2D eigenvalue weighted by Crippen LogP contribution is 2.20. The summed E-state index contributed by atoms with van der Waals surface area (Å²) in [6, 6.07) is 6.81. The second-order valence-electron chi connectivity index (χ2n) is 8.62. The van der Waals surface area contributed by atoms with Crippen molar-refractivity contribution in [2.24, 2.45) is 0 Å². The van der Waals surface area contributed by atoms with Crippen LogP contribution >= 0.6 is 0 Å². The van der Waals surface area contributed by atoms with Gasteiger partial charge in [0, 0.05) is 64.1 Å². The van der Waals surface area contributed by atoms with E-state index in [4.69, 9.17) is 0 Å². The van der Waals surface area contributed by atoms with Crippen molar-refractivity contribution >= 4 is 17.5 Å². The standard InChI is InChI=1S/C22H32FN5O2/c1-17(22(30)24-19-4-5-19)26-10-8-25(9-11-26)16-21(29)28-14-12-27(13-15-28)20-6-2-18(23)3-7-20/h2-3,6-7,17,19H,4-5,8-16H2,1H3,(H,24,30). The number of halogens is 1. The maximum atomic E-state index is 13.1. The van der Waals surface area contributed by atoms with Crippen molar-refractivity contribution in [1.29, 1.82) is 0 Å². The summed E-state index contributed by atoms with van der Waals surface area (Å²) in [6.45, 7) is 8.55. The van der Waals surface area contributed by atoms with Gasteiger partial charge < -0.3 is 15.1 Å². The Balaban J connectivity index is 1.18. The molecule has 1 unspecified atom stereocenters. The topological polar surface area (TPSA) is 59.1 Å². The minimum atomic E-state index is -0.231. The van der Waals surface area contributed by atoms with Crippen LogP contribution in [-0.2, 0) is 9.59 Å². The number of piperazine rings is 2. The lowest BCUT2D eigenvalue weighted by Crippen LogP contribution is -2.56. The summed E-state index contributed by atoms with van der Waals surface area (Å²) in [5, 5.41) is 3.08. The minimum absolute atomic E-state index is 0.108. The number of hydrogen-bond donors (Lipinski definition) is 1. The molecule has 0 bridgehead atoms. The lowest BCUT2D eigenvalue weighted by Gasteiger charge is -2.39. The molecule has 2 saturated heterocycles. The van der Waals surface area contributed by atoms with E-state index in [9.17, 15) is 14.0 Å². The zero-order valence-electron chi connectivity index (χ0n) is 17.7. The third kappa shape index (κ3) is 5.29. The van der Waals surface area contributed by atoms with Crippen molar-refractivity contribution in [2.45, 2.75) is 31.8 Å². The number of carbonyl (C=O) groups is 2. The Kier molecular flexibility index (Phi) is 6.53. The Bertz CT molecular complexity index is 738. The van der Waals surface area contributed by atoms with E-state index in [1.54, 1.807) is 12.1 Å². The molecule has 1 aromatic carbocycles. The van der Waals surface area contributed by atoms with Gasteiger partial charge in [0.05, 0.1) is 12.6 Å². The summed E-state index contributed by atoms with van der Waals surface area (Å²) < 4.78 is 13.1. The number of anilines is 1. The number of nitrogens with one attached hydrogen (secondary N) is 1. The van der Waals surface area contributed by atoms with Gasteiger partial charge in [0.15, 0.2) is 0 Å². The maximum absolute atomic E-state index is 13.1. The zero-order chi connectivity index (χ0) is 21.1. The minimum Gasteiger partial charge on any atom is -0.368 e. The molecular formula is C22H32FN5O2. The fourth-order valence-corrected chi connectivity index (χ4v) is 4.18. The first-order valence-corrected chi connectivity index (χ1v) is 11.0. The molecule has 3 aliphatic rings. The van der Waals surface area contributed by atoms with Crippen LogP contribution in [0, 0.1) is 5.82 Å². The van der Waals surface area contributed by atoms with Crippen LogP contribution in [0.2, 0.25) is 0 Å². The summed E-state index contributed by atoms with van der Waals surface area (Å²) in [6.07, 6.45) is 2.21. The molecule has 1 saturated carbocycles. The fraction of sp³-hybridized carbons (Fsp3) is 0.636. The molecule has 30 heavy (non-hydrogen) atoms. The number of amides is 2. The van der Waals surface area contributed by atoms with Gasteiger partial charge >= 0.3 is 0 Å². The molecule has 0 spiro atoms. The first-order valence-electron chi connectivity index (χ1n) is 11.0. The van der Waals surface area contributed by atoms with Crippen LogP contribution in [0.4, 0.5) is 10.1 Å². The van der Waals surface area contributed by atoms with Gasteiger partial charge in [0.2, 0.25) is 11.8 Å². The monoisotopic (exact) mass is 417 g/mol. The SMILES string of the molecule is CC(C(=O)NC1CC1)N1CCN(CC(=O)N2CCN(c3ccc(F)cc3)CC2)CC1. The van der Waals surface area contributed by atoms with Crippen molar-refractivity contribution < 1.29 is 14.0 Å². The van der Waals surface area contributed by atoms with Gasteiger partial charge in [-0.25, -0.2) is 4.39 Å². The number of hydrogen-bond acceptors (Lipinski definition) is 5. The van der Waals surface area contributed by atoms with Crippen LogP contribution in [0.25, 0.3) is 0 Å². The zero-order valence-corrected chi connectivity index (χ0v) is 17.7. The summed E-state index contributed by atoms with van der Waals surface area (Å²) in [5.74, 6) is 0.0633. The van der Waals surface area contributed by atoms with Gasteiger partial charge in [0.1, 0.15) is 5.82 Å². The van der Waals surface area contributed by atoms with E-state index in [1.165, 1.54) is 12.1 Å². The molecule has 2 aliphatic heterocycles. The Morgan fingerprint density at radius 1 is 1.00 bits per heavy atom. The van der Waals surface area contributed by atoms with Crippen LogP contribution in [0.5, 0.6) is 0 Å². The van der Waals surface area contributed by atoms with Crippen molar-refractivity contribution in [2.75, 3.05) is 63.8 Å². The third-order valence-electron chi connectivity index (χ3n) is 6.44. The predicted molar refractivity (Wildman–Crippen MR) is 114 cm³/mol. The second kappa shape index (κ2) is 9.31. The number of nitrogens with zero attached hydrogens (tertiary/aromatic N) is 4. The summed E-state index contributed by atoms with van der Waals surface area (Å²) in [4.78, 5) is 33.5. The Morgan fingerprint density at radius 2 is 1.63 bits per heavy atom. The highest BCUT2D eigenvalue weighted by atomic mass is 19.1. The molecule has 164 valence electrons. The van der Waals surface area contributed by atoms with E-state index in [0.29, 0.717) is 25.7 Å². The second-order valence-corrected chi connectivity index (χ2v) is 8.62. The number of rotatable bonds is 6. The molecule has 2 heterocycles. The van der Waals surface area contributed by atoms with Gasteiger partial charge in [0.25, 0.3) is 0 Å². The quantitative estimate of drug-likeness (QED) is 0.741. The molecule has 1 aliphatic carbocycles. The fourth-order valence-electron chi connectivity index (χ4n) is 4.18. The molecule has 4 rings (SSSR count). The van der Waals surface area contributed by atoms with Crippen LogP contribution in [0.3, 0.4) is 0 Å². The van der Waals surface area contributed by atoms with Crippen LogP contribution in [0.1, 0.15) is 19.8 Å². The lowest BCUT2D eigenvalue weighted by atomic mass is 10.2. The molecule has 7 nitrogen and oxygen atoms in total. The van der Waals surface area contributed by atoms with Crippen molar-refractivity contribution in [3.8, 4) is 0 Å². The maximum Gasteiger partial charge on any atom is 0.237 e. The highest BCUT2D eigenvalue weighted by Gasteiger charge is 2.31. The largest absolute Gasteiger partial charge is 0.368 e. The van der Waals surface area contributed by atoms with E-state index in [0.717, 1.165) is 57.8 Å². The van der Waals surface area contributed by atoms with Gasteiger partial charge in [-0.3, -0.25) is 19.4 Å². The normalized spacial score (nSPS) is 22.1. The Hall–Kier alpha value is -2.19. The van der Waals surface area contributed by atoms with Crippen LogP contribution < -0.4 is 10.2 Å². The van der Waals surface area contributed by atoms with E-state index < -0.39 is 0 Å². The summed E-state index contributed by atoms with van der Waals surface area (Å²) >= 11 is 0. The molecule has 3 fully saturated rings. The molecule has 1 atom stereocenters. The highest BCUT2D eigenvalue weighted by molar-refractivity contribution is 5.82. The van der Waals surface area contributed by atoms with E-state index in [1.807, 2.05) is 11.8 Å². The molecular weight excluding hydrogens is 385 g/mol. The molecule has 1 aromatic rings. The average Bonchev–Trinajstić information content (AvgIpc) is 3.58. The predicted octanol–water partition coefficient (Wildman–Crippen LogP) is 0.759. The third-order valence-corrected chi connectivity index (χ3v) is 6.44. The summed E-state index contributed by atoms with van der Waals surface area (Å²) in [7, 11) is 0. The van der Waals surface area contributed by atoms with Gasteiger partial charge in [-0.1, -0.05) is 0 Å². The van der Waals surface area contributed by atoms with E-state index in [-0.39, 0.29) is 23.7 Å². The Labute approximate surface area is 177 Å². The first-order chi connectivity index (χ1) is 14.5. The Morgan fingerprint density at radius 3 is 2.23 bits per heavy atom. The van der Waals surface area contributed by atoms with Gasteiger partial charge in [-0.2, -0.15) is 0 Å². The van der Waals surface area contributed by atoms with Gasteiger partial charge in [-0.15, -0.1) is 0 Å². The van der Waals surface area contributed by atoms with Gasteiger partial charge in [-0.05, 0) is 44.0 Å².